The van der Waals surface area contributed by atoms with E-state index in [1.165, 1.54) is 6.26 Å². The third-order valence-electron chi connectivity index (χ3n) is 4.81. The van der Waals surface area contributed by atoms with Gasteiger partial charge in [0.05, 0.1) is 19.9 Å². The van der Waals surface area contributed by atoms with E-state index in [1.54, 1.807) is 19.2 Å². The van der Waals surface area contributed by atoms with Crippen molar-refractivity contribution < 1.29 is 18.7 Å². The Morgan fingerprint density at radius 3 is 2.57 bits per heavy atom. The summed E-state index contributed by atoms with van der Waals surface area (Å²) in [5, 5.41) is 3.34. The van der Waals surface area contributed by atoms with Gasteiger partial charge < -0.3 is 29.0 Å². The number of hydrogen-bond acceptors (Lipinski definition) is 5. The number of carbonyl (C=O) groups excluding carboxylic acids is 1. The van der Waals surface area contributed by atoms with Crippen LogP contribution in [0.1, 0.15) is 24.4 Å². The van der Waals surface area contributed by atoms with E-state index >= 15 is 0 Å². The van der Waals surface area contributed by atoms with Gasteiger partial charge in [-0.3, -0.25) is 4.79 Å². The van der Waals surface area contributed by atoms with Gasteiger partial charge in [-0.05, 0) is 38.1 Å². The van der Waals surface area contributed by atoms with Crippen LogP contribution in [-0.2, 0) is 0 Å². The van der Waals surface area contributed by atoms with Gasteiger partial charge in [-0.15, -0.1) is 0 Å². The lowest BCUT2D eigenvalue weighted by Gasteiger charge is -2.36. The molecule has 1 fully saturated rings. The van der Waals surface area contributed by atoms with E-state index in [2.05, 4.69) is 10.2 Å². The normalized spacial score (nSPS) is 15.6. The Labute approximate surface area is 177 Å². The number of hydrogen-bond donors (Lipinski definition) is 1. The summed E-state index contributed by atoms with van der Waals surface area (Å²) in [6, 6.07) is 11.0. The van der Waals surface area contributed by atoms with Crippen molar-refractivity contribution in [1.29, 1.82) is 0 Å². The number of amides is 1. The molecule has 1 atom stereocenters. The average molecular weight is 415 g/mol. The minimum Gasteiger partial charge on any atom is -0.497 e. The first-order valence-corrected chi connectivity index (χ1v) is 10.3. The van der Waals surface area contributed by atoms with Crippen LogP contribution in [0.5, 0.6) is 11.5 Å². The quantitative estimate of drug-likeness (QED) is 0.554. The van der Waals surface area contributed by atoms with Crippen LogP contribution < -0.4 is 14.8 Å². The standard InChI is InChI=1S/C22H30N4O4/c1-4-23-22(24-16-17(2)30-19-8-5-7-18(15-19)28-3)26-12-10-25(11-13-26)21(27)20-9-6-14-29-20/h5-9,14-15,17H,4,10-13,16H2,1-3H3,(H,23,24). The van der Waals surface area contributed by atoms with E-state index in [0.717, 1.165) is 24.0 Å². The molecule has 1 saturated heterocycles. The SMILES string of the molecule is CCNC(=NCC(C)Oc1cccc(OC)c1)N1CCN(C(=O)c2ccco2)CC1. The lowest BCUT2D eigenvalue weighted by molar-refractivity contribution is 0.0657. The number of aliphatic imine (C=N–C) groups is 1. The van der Waals surface area contributed by atoms with Crippen LogP contribution in [0.15, 0.2) is 52.1 Å². The highest BCUT2D eigenvalue weighted by molar-refractivity contribution is 5.91. The smallest absolute Gasteiger partial charge is 0.289 e. The fraction of sp³-hybridized carbons (Fsp3) is 0.455. The molecule has 0 radical (unpaired) electrons. The Bertz CT molecular complexity index is 829. The van der Waals surface area contributed by atoms with Gasteiger partial charge in [-0.25, -0.2) is 4.99 Å². The first kappa shape index (κ1) is 21.5. The summed E-state index contributed by atoms with van der Waals surface area (Å²) in [4.78, 5) is 21.2. The van der Waals surface area contributed by atoms with Gasteiger partial charge in [-0.2, -0.15) is 0 Å². The molecule has 1 aromatic heterocycles. The van der Waals surface area contributed by atoms with Crippen LogP contribution in [0.4, 0.5) is 0 Å². The summed E-state index contributed by atoms with van der Waals surface area (Å²) in [5.41, 5.74) is 0. The zero-order valence-corrected chi connectivity index (χ0v) is 17.8. The summed E-state index contributed by atoms with van der Waals surface area (Å²) in [6.45, 7) is 8.00. The number of methoxy groups -OCH3 is 1. The molecule has 0 bridgehead atoms. The largest absolute Gasteiger partial charge is 0.497 e. The second-order valence-corrected chi connectivity index (χ2v) is 7.06. The number of piperazine rings is 1. The highest BCUT2D eigenvalue weighted by Gasteiger charge is 2.25. The number of ether oxygens (including phenoxy) is 2. The molecule has 162 valence electrons. The van der Waals surface area contributed by atoms with Crippen LogP contribution in [0.3, 0.4) is 0 Å². The molecule has 1 amide bonds. The van der Waals surface area contributed by atoms with E-state index < -0.39 is 0 Å². The number of nitrogens with one attached hydrogen (secondary N) is 1. The van der Waals surface area contributed by atoms with Gasteiger partial charge in [0, 0.05) is 38.8 Å². The lowest BCUT2D eigenvalue weighted by atomic mass is 10.3. The number of guanidine groups is 1. The zero-order chi connectivity index (χ0) is 21.3. The highest BCUT2D eigenvalue weighted by atomic mass is 16.5. The van der Waals surface area contributed by atoms with Crippen LogP contribution in [0, 0.1) is 0 Å². The highest BCUT2D eigenvalue weighted by Crippen LogP contribution is 2.20. The summed E-state index contributed by atoms with van der Waals surface area (Å²) in [7, 11) is 1.64. The Hall–Kier alpha value is -3.16. The molecule has 0 spiro atoms. The Balaban J connectivity index is 1.54. The number of rotatable bonds is 7. The Morgan fingerprint density at radius 2 is 1.90 bits per heavy atom. The molecular weight excluding hydrogens is 384 g/mol. The molecule has 2 aromatic rings. The number of carbonyl (C=O) groups is 1. The monoisotopic (exact) mass is 414 g/mol. The predicted molar refractivity (Wildman–Crippen MR) is 115 cm³/mol. The van der Waals surface area contributed by atoms with Gasteiger partial charge in [0.15, 0.2) is 11.7 Å². The summed E-state index contributed by atoms with van der Waals surface area (Å²) < 4.78 is 16.4. The van der Waals surface area contributed by atoms with Crippen molar-refractivity contribution in [3.05, 3.63) is 48.4 Å². The summed E-state index contributed by atoms with van der Waals surface area (Å²) in [5.74, 6) is 2.67. The first-order valence-electron chi connectivity index (χ1n) is 10.3. The molecule has 1 aliphatic rings. The fourth-order valence-electron chi connectivity index (χ4n) is 3.26. The van der Waals surface area contributed by atoms with E-state index in [9.17, 15) is 4.79 Å². The molecular formula is C22H30N4O4. The molecule has 30 heavy (non-hydrogen) atoms. The lowest BCUT2D eigenvalue weighted by Crippen LogP contribution is -2.53. The van der Waals surface area contributed by atoms with Crippen molar-refractivity contribution in [2.24, 2.45) is 4.99 Å². The Kier molecular flexibility index (Phi) is 7.59. The van der Waals surface area contributed by atoms with Gasteiger partial charge in [0.25, 0.3) is 5.91 Å². The van der Waals surface area contributed by atoms with Crippen LogP contribution in [-0.4, -0.2) is 74.1 Å². The summed E-state index contributed by atoms with van der Waals surface area (Å²) in [6.07, 6.45) is 1.43. The fourth-order valence-corrected chi connectivity index (χ4v) is 3.26. The second kappa shape index (κ2) is 10.6. The van der Waals surface area contributed by atoms with Crippen molar-refractivity contribution in [2.45, 2.75) is 20.0 Å². The second-order valence-electron chi connectivity index (χ2n) is 7.06. The van der Waals surface area contributed by atoms with Crippen LogP contribution in [0.2, 0.25) is 0 Å². The number of nitrogens with zero attached hydrogens (tertiary/aromatic N) is 3. The molecule has 1 aliphatic heterocycles. The van der Waals surface area contributed by atoms with Crippen LogP contribution >= 0.6 is 0 Å². The molecule has 0 aliphatic carbocycles. The molecule has 1 aromatic carbocycles. The van der Waals surface area contributed by atoms with Crippen LogP contribution in [0.25, 0.3) is 0 Å². The minimum absolute atomic E-state index is 0.0677. The van der Waals surface area contributed by atoms with E-state index in [4.69, 9.17) is 18.9 Å². The third kappa shape index (κ3) is 5.68. The molecule has 0 saturated carbocycles. The molecule has 8 heteroatoms. The Morgan fingerprint density at radius 1 is 1.17 bits per heavy atom. The molecule has 8 nitrogen and oxygen atoms in total. The molecule has 1 unspecified atom stereocenters. The van der Waals surface area contributed by atoms with Gasteiger partial charge >= 0.3 is 0 Å². The number of furan rings is 1. The van der Waals surface area contributed by atoms with Gasteiger partial charge in [0.1, 0.15) is 17.6 Å². The minimum atomic E-state index is -0.0902. The van der Waals surface area contributed by atoms with E-state index in [1.807, 2.05) is 43.0 Å². The van der Waals surface area contributed by atoms with E-state index in [0.29, 0.717) is 38.5 Å². The van der Waals surface area contributed by atoms with Crippen molar-refractivity contribution >= 4 is 11.9 Å². The molecule has 2 heterocycles. The maximum absolute atomic E-state index is 12.4. The average Bonchev–Trinajstić information content (AvgIpc) is 3.31. The van der Waals surface area contributed by atoms with Gasteiger partial charge in [0.2, 0.25) is 0 Å². The van der Waals surface area contributed by atoms with Crippen molar-refractivity contribution in [3.63, 3.8) is 0 Å². The predicted octanol–water partition coefficient (Wildman–Crippen LogP) is 2.48. The first-order chi connectivity index (χ1) is 14.6. The van der Waals surface area contributed by atoms with Crippen molar-refractivity contribution in [1.82, 2.24) is 15.1 Å². The molecule has 1 N–H and O–H groups in total. The third-order valence-corrected chi connectivity index (χ3v) is 4.81. The molecule has 3 rings (SSSR count). The van der Waals surface area contributed by atoms with Gasteiger partial charge in [-0.1, -0.05) is 6.07 Å². The van der Waals surface area contributed by atoms with E-state index in [-0.39, 0.29) is 12.0 Å². The maximum Gasteiger partial charge on any atom is 0.289 e. The topological polar surface area (TPSA) is 79.5 Å². The van der Waals surface area contributed by atoms with Crippen molar-refractivity contribution in [3.8, 4) is 11.5 Å². The summed E-state index contributed by atoms with van der Waals surface area (Å²) >= 11 is 0. The zero-order valence-electron chi connectivity index (χ0n) is 17.8. The van der Waals surface area contributed by atoms with Crippen molar-refractivity contribution in [2.75, 3.05) is 46.4 Å². The number of benzene rings is 1. The maximum atomic E-state index is 12.4.